The summed E-state index contributed by atoms with van der Waals surface area (Å²) in [5, 5.41) is 24.4. The number of nitrogens with one attached hydrogen (secondary N) is 2. The minimum Gasteiger partial charge on any atom is -0.394 e. The van der Waals surface area contributed by atoms with Crippen LogP contribution in [0.4, 0.5) is 11.6 Å². The molecule has 0 saturated carbocycles. The Morgan fingerprint density at radius 3 is 2.29 bits per heavy atom. The topological polar surface area (TPSA) is 90.3 Å². The number of hydrogen-bond acceptors (Lipinski definition) is 6. The molecule has 0 spiro atoms. The van der Waals surface area contributed by atoms with E-state index in [-0.39, 0.29) is 13.2 Å². The second-order valence-corrected chi connectivity index (χ2v) is 4.16. The van der Waals surface area contributed by atoms with Gasteiger partial charge in [-0.1, -0.05) is 6.92 Å². The van der Waals surface area contributed by atoms with Crippen LogP contribution in [0.3, 0.4) is 0 Å². The van der Waals surface area contributed by atoms with Crippen LogP contribution in [0.2, 0.25) is 0 Å². The molecule has 1 heterocycles. The molecule has 6 nitrogen and oxygen atoms in total. The molecule has 0 bridgehead atoms. The molecule has 0 unspecified atom stereocenters. The van der Waals surface area contributed by atoms with Gasteiger partial charge >= 0.3 is 0 Å². The highest BCUT2D eigenvalue weighted by molar-refractivity contribution is 5.48. The van der Waals surface area contributed by atoms with Gasteiger partial charge in [-0.2, -0.15) is 0 Å². The number of anilines is 2. The Morgan fingerprint density at radius 1 is 1.24 bits per heavy atom. The number of rotatable bonds is 6. The van der Waals surface area contributed by atoms with Crippen molar-refractivity contribution in [2.75, 3.05) is 30.9 Å². The molecule has 1 aromatic heterocycles. The molecule has 4 N–H and O–H groups in total. The SMILES string of the molecule is CCc1nc(NC)cc(NC(C)(CO)CO)n1. The van der Waals surface area contributed by atoms with Crippen LogP contribution in [-0.2, 0) is 6.42 Å². The van der Waals surface area contributed by atoms with Crippen LogP contribution in [0.1, 0.15) is 19.7 Å². The average molecular weight is 240 g/mol. The summed E-state index contributed by atoms with van der Waals surface area (Å²) in [6.07, 6.45) is 0.721. The van der Waals surface area contributed by atoms with Crippen molar-refractivity contribution in [3.05, 3.63) is 11.9 Å². The zero-order valence-electron chi connectivity index (χ0n) is 10.5. The quantitative estimate of drug-likeness (QED) is 0.569. The Balaban J connectivity index is 2.97. The molecule has 1 aromatic rings. The molecular weight excluding hydrogens is 220 g/mol. The van der Waals surface area contributed by atoms with Gasteiger partial charge in [0.25, 0.3) is 0 Å². The van der Waals surface area contributed by atoms with E-state index in [0.717, 1.165) is 6.42 Å². The Hall–Kier alpha value is -1.40. The fourth-order valence-electron chi connectivity index (χ4n) is 1.29. The molecule has 0 fully saturated rings. The lowest BCUT2D eigenvalue weighted by molar-refractivity contribution is 0.147. The standard InChI is InChI=1S/C11H20N4O2/c1-4-8-13-9(12-3)5-10(14-8)15-11(2,6-16)7-17/h5,16-17H,4,6-7H2,1-3H3,(H2,12,13,14,15). The van der Waals surface area contributed by atoms with Gasteiger partial charge in [-0.05, 0) is 6.92 Å². The number of aromatic nitrogens is 2. The van der Waals surface area contributed by atoms with E-state index < -0.39 is 5.54 Å². The number of aliphatic hydroxyl groups is 2. The van der Waals surface area contributed by atoms with Crippen molar-refractivity contribution in [1.29, 1.82) is 0 Å². The minimum atomic E-state index is -0.787. The van der Waals surface area contributed by atoms with Crippen LogP contribution in [0.15, 0.2) is 6.07 Å². The Kier molecular flexibility index (Phi) is 4.65. The average Bonchev–Trinajstić information content (AvgIpc) is 2.37. The normalized spacial score (nSPS) is 11.4. The van der Waals surface area contributed by atoms with Crippen molar-refractivity contribution in [1.82, 2.24) is 9.97 Å². The molecule has 1 rings (SSSR count). The maximum absolute atomic E-state index is 9.22. The summed E-state index contributed by atoms with van der Waals surface area (Å²) < 4.78 is 0. The lowest BCUT2D eigenvalue weighted by Crippen LogP contribution is -2.42. The fraction of sp³-hybridized carbons (Fsp3) is 0.636. The van der Waals surface area contributed by atoms with Crippen molar-refractivity contribution < 1.29 is 10.2 Å². The van der Waals surface area contributed by atoms with Crippen molar-refractivity contribution in [3.8, 4) is 0 Å². The van der Waals surface area contributed by atoms with Gasteiger partial charge in [-0.15, -0.1) is 0 Å². The van der Waals surface area contributed by atoms with Crippen molar-refractivity contribution in [2.45, 2.75) is 25.8 Å². The Morgan fingerprint density at radius 2 is 1.82 bits per heavy atom. The number of nitrogens with zero attached hydrogens (tertiary/aromatic N) is 2. The van der Waals surface area contributed by atoms with Crippen LogP contribution in [0.5, 0.6) is 0 Å². The van der Waals surface area contributed by atoms with Crippen LogP contribution in [0, 0.1) is 0 Å². The first kappa shape index (κ1) is 13.7. The number of hydrogen-bond donors (Lipinski definition) is 4. The van der Waals surface area contributed by atoms with E-state index in [4.69, 9.17) is 0 Å². The van der Waals surface area contributed by atoms with Gasteiger partial charge in [-0.25, -0.2) is 9.97 Å². The third-order valence-corrected chi connectivity index (χ3v) is 2.47. The fourth-order valence-corrected chi connectivity index (χ4v) is 1.29. The number of aliphatic hydroxyl groups excluding tert-OH is 2. The molecule has 6 heteroatoms. The zero-order chi connectivity index (χ0) is 12.9. The van der Waals surface area contributed by atoms with Gasteiger partial charge in [-0.3, -0.25) is 0 Å². The zero-order valence-corrected chi connectivity index (χ0v) is 10.5. The molecule has 0 amide bonds. The summed E-state index contributed by atoms with van der Waals surface area (Å²) in [4.78, 5) is 8.56. The van der Waals surface area contributed by atoms with E-state index in [0.29, 0.717) is 17.5 Å². The van der Waals surface area contributed by atoms with Gasteiger partial charge in [0.15, 0.2) is 0 Å². The molecule has 0 aliphatic carbocycles. The predicted molar refractivity (Wildman–Crippen MR) is 67.2 cm³/mol. The minimum absolute atomic E-state index is 0.177. The van der Waals surface area contributed by atoms with Crippen molar-refractivity contribution >= 4 is 11.6 Å². The van der Waals surface area contributed by atoms with E-state index in [9.17, 15) is 10.2 Å². The highest BCUT2D eigenvalue weighted by Gasteiger charge is 2.22. The molecule has 0 atom stereocenters. The number of aryl methyl sites for hydroxylation is 1. The van der Waals surface area contributed by atoms with Gasteiger partial charge in [0, 0.05) is 19.5 Å². The Labute approximate surface area is 101 Å². The first-order valence-electron chi connectivity index (χ1n) is 5.62. The van der Waals surface area contributed by atoms with Gasteiger partial charge in [0.05, 0.1) is 18.8 Å². The van der Waals surface area contributed by atoms with E-state index >= 15 is 0 Å². The molecule has 0 aliphatic heterocycles. The molecular formula is C11H20N4O2. The molecule has 0 radical (unpaired) electrons. The monoisotopic (exact) mass is 240 g/mol. The van der Waals surface area contributed by atoms with Gasteiger partial charge < -0.3 is 20.8 Å². The molecule has 0 aromatic carbocycles. The molecule has 0 saturated heterocycles. The Bertz CT molecular complexity index is 344. The lowest BCUT2D eigenvalue weighted by Gasteiger charge is -2.27. The van der Waals surface area contributed by atoms with Gasteiger partial charge in [0.2, 0.25) is 0 Å². The maximum atomic E-state index is 9.22. The maximum Gasteiger partial charge on any atom is 0.132 e. The largest absolute Gasteiger partial charge is 0.394 e. The molecule has 96 valence electrons. The summed E-state index contributed by atoms with van der Waals surface area (Å²) >= 11 is 0. The predicted octanol–water partition coefficient (Wildman–Crippen LogP) is 0.236. The van der Waals surface area contributed by atoms with Crippen LogP contribution < -0.4 is 10.6 Å². The van der Waals surface area contributed by atoms with Crippen LogP contribution in [0.25, 0.3) is 0 Å². The van der Waals surface area contributed by atoms with Crippen molar-refractivity contribution in [3.63, 3.8) is 0 Å². The summed E-state index contributed by atoms with van der Waals surface area (Å²) in [5.41, 5.74) is -0.787. The second kappa shape index (κ2) is 5.79. The summed E-state index contributed by atoms with van der Waals surface area (Å²) in [6, 6.07) is 1.74. The van der Waals surface area contributed by atoms with E-state index in [1.165, 1.54) is 0 Å². The first-order valence-corrected chi connectivity index (χ1v) is 5.62. The summed E-state index contributed by atoms with van der Waals surface area (Å²) in [7, 11) is 1.78. The van der Waals surface area contributed by atoms with Crippen molar-refractivity contribution in [2.24, 2.45) is 0 Å². The van der Waals surface area contributed by atoms with E-state index in [2.05, 4.69) is 20.6 Å². The highest BCUT2D eigenvalue weighted by atomic mass is 16.3. The van der Waals surface area contributed by atoms with E-state index in [1.807, 2.05) is 6.92 Å². The third-order valence-electron chi connectivity index (χ3n) is 2.47. The van der Waals surface area contributed by atoms with E-state index in [1.54, 1.807) is 20.0 Å². The molecule has 0 aliphatic rings. The van der Waals surface area contributed by atoms with Crippen LogP contribution in [-0.4, -0.2) is 46.0 Å². The third kappa shape index (κ3) is 3.54. The van der Waals surface area contributed by atoms with Gasteiger partial charge in [0.1, 0.15) is 17.5 Å². The van der Waals surface area contributed by atoms with Crippen LogP contribution >= 0.6 is 0 Å². The summed E-state index contributed by atoms with van der Waals surface area (Å²) in [6.45, 7) is 3.34. The highest BCUT2D eigenvalue weighted by Crippen LogP contribution is 2.16. The summed E-state index contributed by atoms with van der Waals surface area (Å²) in [5.74, 6) is 2.00. The smallest absolute Gasteiger partial charge is 0.132 e. The first-order chi connectivity index (χ1) is 8.06. The lowest BCUT2D eigenvalue weighted by atomic mass is 10.1. The molecule has 17 heavy (non-hydrogen) atoms. The second-order valence-electron chi connectivity index (χ2n) is 4.16.